The predicted octanol–water partition coefficient (Wildman–Crippen LogP) is 1.05. The zero-order chi connectivity index (χ0) is 14.4. The van der Waals surface area contributed by atoms with E-state index in [0.717, 1.165) is 12.0 Å². The third-order valence-corrected chi connectivity index (χ3v) is 2.70. The van der Waals surface area contributed by atoms with Gasteiger partial charge < -0.3 is 15.3 Å². The van der Waals surface area contributed by atoms with Gasteiger partial charge in [-0.15, -0.1) is 0 Å². The third kappa shape index (κ3) is 3.94. The number of nitrogens with zero attached hydrogens (tertiary/aromatic N) is 2. The first-order valence-electron chi connectivity index (χ1n) is 6.15. The Morgan fingerprint density at radius 3 is 2.63 bits per heavy atom. The molecule has 1 rings (SSSR count). The van der Waals surface area contributed by atoms with Crippen LogP contribution in [0, 0.1) is 6.92 Å². The van der Waals surface area contributed by atoms with E-state index < -0.39 is 5.97 Å². The maximum atomic E-state index is 11.5. The summed E-state index contributed by atoms with van der Waals surface area (Å²) in [7, 11) is 1.58. The van der Waals surface area contributed by atoms with Gasteiger partial charge in [-0.2, -0.15) is 0 Å². The largest absolute Gasteiger partial charge is 0.478 e. The van der Waals surface area contributed by atoms with E-state index in [1.807, 2.05) is 11.8 Å². The molecule has 6 nitrogen and oxygen atoms in total. The molecule has 1 amide bonds. The minimum absolute atomic E-state index is 0.100. The van der Waals surface area contributed by atoms with Crippen LogP contribution in [0.2, 0.25) is 0 Å². The van der Waals surface area contributed by atoms with Crippen molar-refractivity contribution in [2.75, 3.05) is 25.0 Å². The Labute approximate surface area is 112 Å². The van der Waals surface area contributed by atoms with Crippen LogP contribution in [-0.4, -0.2) is 42.1 Å². The molecule has 0 saturated heterocycles. The van der Waals surface area contributed by atoms with E-state index in [1.165, 1.54) is 6.20 Å². The smallest absolute Gasteiger partial charge is 0.337 e. The van der Waals surface area contributed by atoms with E-state index in [1.54, 1.807) is 20.0 Å². The molecule has 0 fully saturated rings. The van der Waals surface area contributed by atoms with Gasteiger partial charge in [0.2, 0.25) is 5.91 Å². The molecule has 104 valence electrons. The zero-order valence-electron chi connectivity index (χ0n) is 11.4. The Balaban J connectivity index is 3.02. The van der Waals surface area contributed by atoms with Gasteiger partial charge in [0.05, 0.1) is 12.1 Å². The number of aromatic carboxylic acids is 1. The molecule has 0 aliphatic heterocycles. The lowest BCUT2D eigenvalue weighted by molar-refractivity contribution is -0.119. The van der Waals surface area contributed by atoms with Crippen molar-refractivity contribution in [2.45, 2.75) is 20.3 Å². The molecule has 0 aliphatic rings. The second-order valence-electron chi connectivity index (χ2n) is 4.26. The topological polar surface area (TPSA) is 82.5 Å². The number of carbonyl (C=O) groups is 2. The van der Waals surface area contributed by atoms with Gasteiger partial charge in [0.25, 0.3) is 0 Å². The highest BCUT2D eigenvalue weighted by Crippen LogP contribution is 2.18. The molecule has 0 radical (unpaired) electrons. The van der Waals surface area contributed by atoms with Gasteiger partial charge in [0.15, 0.2) is 0 Å². The molecule has 0 spiro atoms. The van der Waals surface area contributed by atoms with Crippen molar-refractivity contribution in [3.05, 3.63) is 23.4 Å². The average molecular weight is 265 g/mol. The maximum absolute atomic E-state index is 11.5. The minimum Gasteiger partial charge on any atom is -0.478 e. The number of rotatable bonds is 6. The SMILES string of the molecule is CCCN(CC(=O)NC)c1ncc(C(=O)O)cc1C. The van der Waals surface area contributed by atoms with Crippen LogP contribution in [0.1, 0.15) is 29.3 Å². The number of aryl methyl sites for hydroxylation is 1. The van der Waals surface area contributed by atoms with Crippen LogP contribution in [0.15, 0.2) is 12.3 Å². The van der Waals surface area contributed by atoms with E-state index in [9.17, 15) is 9.59 Å². The van der Waals surface area contributed by atoms with Crippen molar-refractivity contribution in [2.24, 2.45) is 0 Å². The summed E-state index contributed by atoms with van der Waals surface area (Å²) in [5.74, 6) is -0.456. The first kappa shape index (κ1) is 14.9. The van der Waals surface area contributed by atoms with Crippen LogP contribution in [0.3, 0.4) is 0 Å². The highest BCUT2D eigenvalue weighted by atomic mass is 16.4. The molecular formula is C13H19N3O3. The van der Waals surface area contributed by atoms with Crippen molar-refractivity contribution in [3.63, 3.8) is 0 Å². The second-order valence-corrected chi connectivity index (χ2v) is 4.26. The van der Waals surface area contributed by atoms with Crippen molar-refractivity contribution < 1.29 is 14.7 Å². The molecule has 0 bridgehead atoms. The molecule has 1 aromatic heterocycles. The molecule has 2 N–H and O–H groups in total. The highest BCUT2D eigenvalue weighted by Gasteiger charge is 2.15. The Morgan fingerprint density at radius 1 is 1.47 bits per heavy atom. The summed E-state index contributed by atoms with van der Waals surface area (Å²) in [6.45, 7) is 4.71. The van der Waals surface area contributed by atoms with Gasteiger partial charge in [-0.1, -0.05) is 6.92 Å². The highest BCUT2D eigenvalue weighted by molar-refractivity contribution is 5.88. The molecule has 1 heterocycles. The number of carboxylic acid groups (broad SMARTS) is 1. The molecule has 0 aliphatic carbocycles. The Morgan fingerprint density at radius 2 is 2.16 bits per heavy atom. The summed E-state index contributed by atoms with van der Waals surface area (Å²) < 4.78 is 0. The van der Waals surface area contributed by atoms with Gasteiger partial charge in [0, 0.05) is 19.8 Å². The summed E-state index contributed by atoms with van der Waals surface area (Å²) in [5, 5.41) is 11.5. The Bertz CT molecular complexity index is 474. The lowest BCUT2D eigenvalue weighted by atomic mass is 10.2. The maximum Gasteiger partial charge on any atom is 0.337 e. The molecule has 1 aromatic rings. The van der Waals surface area contributed by atoms with Crippen LogP contribution in [0.5, 0.6) is 0 Å². The summed E-state index contributed by atoms with van der Waals surface area (Å²) >= 11 is 0. The van der Waals surface area contributed by atoms with E-state index >= 15 is 0 Å². The predicted molar refractivity (Wildman–Crippen MR) is 72.5 cm³/mol. The minimum atomic E-state index is -1.00. The number of carbonyl (C=O) groups excluding carboxylic acids is 1. The standard InChI is InChI=1S/C13H19N3O3/c1-4-5-16(8-11(17)14-3)12-9(2)6-10(7-15-12)13(18)19/h6-7H,4-5,8H2,1-3H3,(H,14,17)(H,18,19). The molecule has 6 heteroatoms. The normalized spacial score (nSPS) is 10.1. The number of anilines is 1. The van der Waals surface area contributed by atoms with Gasteiger partial charge in [-0.3, -0.25) is 4.79 Å². The molecular weight excluding hydrogens is 246 g/mol. The fourth-order valence-corrected chi connectivity index (χ4v) is 1.80. The lowest BCUT2D eigenvalue weighted by Gasteiger charge is -2.24. The molecule has 0 saturated carbocycles. The number of hydrogen-bond acceptors (Lipinski definition) is 4. The Kier molecular flexibility index (Phi) is 5.29. The van der Waals surface area contributed by atoms with Gasteiger partial charge in [0.1, 0.15) is 5.82 Å². The first-order valence-corrected chi connectivity index (χ1v) is 6.15. The monoisotopic (exact) mass is 265 g/mol. The third-order valence-electron chi connectivity index (χ3n) is 2.70. The van der Waals surface area contributed by atoms with Crippen LogP contribution < -0.4 is 10.2 Å². The van der Waals surface area contributed by atoms with Gasteiger partial charge >= 0.3 is 5.97 Å². The van der Waals surface area contributed by atoms with Crippen LogP contribution in [0.4, 0.5) is 5.82 Å². The van der Waals surface area contributed by atoms with Crippen molar-refractivity contribution in [1.82, 2.24) is 10.3 Å². The lowest BCUT2D eigenvalue weighted by Crippen LogP contribution is -2.37. The summed E-state index contributed by atoms with van der Waals surface area (Å²) in [6, 6.07) is 1.57. The van der Waals surface area contributed by atoms with Crippen molar-refractivity contribution in [1.29, 1.82) is 0 Å². The quantitative estimate of drug-likeness (QED) is 0.803. The molecule has 0 unspecified atom stereocenters. The van der Waals surface area contributed by atoms with Crippen molar-refractivity contribution in [3.8, 4) is 0 Å². The molecule has 19 heavy (non-hydrogen) atoms. The van der Waals surface area contributed by atoms with Gasteiger partial charge in [-0.25, -0.2) is 9.78 Å². The van der Waals surface area contributed by atoms with E-state index in [0.29, 0.717) is 12.4 Å². The fourth-order valence-electron chi connectivity index (χ4n) is 1.80. The molecule has 0 atom stereocenters. The number of nitrogens with one attached hydrogen (secondary N) is 1. The Hall–Kier alpha value is -2.11. The van der Waals surface area contributed by atoms with Crippen LogP contribution in [-0.2, 0) is 4.79 Å². The van der Waals surface area contributed by atoms with E-state index in [-0.39, 0.29) is 18.0 Å². The summed E-state index contributed by atoms with van der Waals surface area (Å²) in [4.78, 5) is 28.4. The number of amides is 1. The zero-order valence-corrected chi connectivity index (χ0v) is 11.4. The first-order chi connectivity index (χ1) is 8.99. The van der Waals surface area contributed by atoms with E-state index in [4.69, 9.17) is 5.11 Å². The second kappa shape index (κ2) is 6.72. The fraction of sp³-hybridized carbons (Fsp3) is 0.462. The van der Waals surface area contributed by atoms with Gasteiger partial charge in [-0.05, 0) is 25.0 Å². The van der Waals surface area contributed by atoms with Crippen LogP contribution >= 0.6 is 0 Å². The van der Waals surface area contributed by atoms with Crippen molar-refractivity contribution >= 4 is 17.7 Å². The number of carboxylic acids is 1. The summed E-state index contributed by atoms with van der Waals surface area (Å²) in [6.07, 6.45) is 2.19. The average Bonchev–Trinajstić information content (AvgIpc) is 2.37. The number of aromatic nitrogens is 1. The van der Waals surface area contributed by atoms with E-state index in [2.05, 4.69) is 10.3 Å². The van der Waals surface area contributed by atoms with Crippen LogP contribution in [0.25, 0.3) is 0 Å². The number of likely N-dealkylation sites (N-methyl/N-ethyl adjacent to an activating group) is 1. The number of hydrogen-bond donors (Lipinski definition) is 2. The molecule has 0 aromatic carbocycles. The summed E-state index contributed by atoms with van der Waals surface area (Å²) in [5.41, 5.74) is 0.898. The number of pyridine rings is 1.